The number of aromatic amines is 1. The number of hydrogen-bond acceptors (Lipinski definition) is 2. The Morgan fingerprint density at radius 2 is 2.19 bits per heavy atom. The van der Waals surface area contributed by atoms with E-state index in [1.54, 1.807) is 0 Å². The number of nitrogens with one attached hydrogen (secondary N) is 2. The first-order valence-corrected chi connectivity index (χ1v) is 7.72. The van der Waals surface area contributed by atoms with Gasteiger partial charge in [-0.2, -0.15) is 0 Å². The van der Waals surface area contributed by atoms with Gasteiger partial charge in [0.15, 0.2) is 0 Å². The van der Waals surface area contributed by atoms with Crippen molar-refractivity contribution in [2.45, 2.75) is 45.6 Å². The third-order valence-corrected chi connectivity index (χ3v) is 3.81. The molecule has 0 bridgehead atoms. The second-order valence-corrected chi connectivity index (χ2v) is 5.62. The third kappa shape index (κ3) is 4.08. The highest BCUT2D eigenvalue weighted by molar-refractivity contribution is 5.86. The first kappa shape index (κ1) is 15.6. The fourth-order valence-electron chi connectivity index (χ4n) is 2.56. The summed E-state index contributed by atoms with van der Waals surface area (Å²) >= 11 is 0. The Hall–Kier alpha value is -1.81. The lowest BCUT2D eigenvalue weighted by molar-refractivity contribution is -0.121. The molecule has 1 atom stereocenters. The average Bonchev–Trinajstić information content (AvgIpc) is 2.88. The number of carbonyl (C=O) groups excluding carboxylic acids is 1. The molecule has 0 aliphatic rings. The fraction of sp³-hybridized carbons (Fsp3) is 0.471. The van der Waals surface area contributed by atoms with Crippen LogP contribution in [-0.2, 0) is 17.6 Å². The number of aryl methyl sites for hydroxylation is 1. The molecule has 114 valence electrons. The maximum absolute atomic E-state index is 11.7. The van der Waals surface area contributed by atoms with E-state index in [1.165, 1.54) is 22.0 Å². The lowest BCUT2D eigenvalue weighted by Crippen LogP contribution is -2.27. The maximum atomic E-state index is 11.7. The minimum absolute atomic E-state index is 0.0804. The van der Waals surface area contributed by atoms with Crippen molar-refractivity contribution < 1.29 is 4.79 Å². The van der Waals surface area contributed by atoms with E-state index >= 15 is 0 Å². The van der Waals surface area contributed by atoms with Crippen molar-refractivity contribution in [3.05, 3.63) is 35.5 Å². The molecule has 0 saturated carbocycles. The Bertz CT molecular complexity index is 601. The number of para-hydroxylation sites is 1. The molecular weight excluding hydrogens is 262 g/mol. The van der Waals surface area contributed by atoms with E-state index in [1.807, 2.05) is 6.92 Å². The van der Waals surface area contributed by atoms with Gasteiger partial charge in [0.1, 0.15) is 0 Å². The van der Waals surface area contributed by atoms with Crippen molar-refractivity contribution >= 4 is 16.8 Å². The van der Waals surface area contributed by atoms with E-state index in [9.17, 15) is 4.79 Å². The number of hydrogen-bond donors (Lipinski definition) is 3. The van der Waals surface area contributed by atoms with Crippen LogP contribution in [-0.4, -0.2) is 23.5 Å². The van der Waals surface area contributed by atoms with E-state index < -0.39 is 0 Å². The van der Waals surface area contributed by atoms with Gasteiger partial charge in [-0.05, 0) is 37.3 Å². The van der Waals surface area contributed by atoms with Crippen LogP contribution in [0.4, 0.5) is 0 Å². The Morgan fingerprint density at radius 3 is 2.90 bits per heavy atom. The molecule has 0 saturated heterocycles. The fourth-order valence-corrected chi connectivity index (χ4v) is 2.56. The van der Waals surface area contributed by atoms with Crippen LogP contribution >= 0.6 is 0 Å². The molecule has 1 heterocycles. The van der Waals surface area contributed by atoms with Crippen molar-refractivity contribution in [2.24, 2.45) is 5.73 Å². The van der Waals surface area contributed by atoms with Crippen LogP contribution in [0.2, 0.25) is 0 Å². The zero-order valence-electron chi connectivity index (χ0n) is 12.9. The summed E-state index contributed by atoms with van der Waals surface area (Å²) in [5, 5.41) is 4.22. The summed E-state index contributed by atoms with van der Waals surface area (Å²) in [6.07, 6.45) is 5.16. The van der Waals surface area contributed by atoms with E-state index in [-0.39, 0.29) is 11.9 Å². The largest absolute Gasteiger partial charge is 0.361 e. The van der Waals surface area contributed by atoms with Gasteiger partial charge in [-0.1, -0.05) is 25.1 Å². The molecule has 1 aromatic carbocycles. The highest BCUT2D eigenvalue weighted by atomic mass is 16.1. The zero-order valence-corrected chi connectivity index (χ0v) is 12.9. The van der Waals surface area contributed by atoms with Crippen molar-refractivity contribution in [1.29, 1.82) is 0 Å². The number of amides is 1. The van der Waals surface area contributed by atoms with E-state index in [2.05, 4.69) is 41.6 Å². The van der Waals surface area contributed by atoms with Crippen LogP contribution in [0.5, 0.6) is 0 Å². The monoisotopic (exact) mass is 287 g/mol. The van der Waals surface area contributed by atoms with Gasteiger partial charge in [0, 0.05) is 36.1 Å². The summed E-state index contributed by atoms with van der Waals surface area (Å²) in [7, 11) is 0. The SMILES string of the molecule is CCc1cccc2c(CCNC(=O)CCC(C)N)c[nH]c12. The van der Waals surface area contributed by atoms with E-state index in [0.29, 0.717) is 13.0 Å². The molecule has 4 nitrogen and oxygen atoms in total. The van der Waals surface area contributed by atoms with E-state index in [4.69, 9.17) is 5.73 Å². The normalized spacial score (nSPS) is 12.5. The molecule has 21 heavy (non-hydrogen) atoms. The van der Waals surface area contributed by atoms with Crippen molar-refractivity contribution in [3.8, 4) is 0 Å². The van der Waals surface area contributed by atoms with Gasteiger partial charge in [0.05, 0.1) is 0 Å². The van der Waals surface area contributed by atoms with Crippen LogP contribution in [0.25, 0.3) is 10.9 Å². The molecule has 4 heteroatoms. The molecule has 1 unspecified atom stereocenters. The number of aromatic nitrogens is 1. The van der Waals surface area contributed by atoms with Gasteiger partial charge < -0.3 is 16.0 Å². The summed E-state index contributed by atoms with van der Waals surface area (Å²) in [6.45, 7) is 4.75. The van der Waals surface area contributed by atoms with Gasteiger partial charge in [-0.3, -0.25) is 4.79 Å². The van der Waals surface area contributed by atoms with Gasteiger partial charge in [0.25, 0.3) is 0 Å². The molecule has 0 radical (unpaired) electrons. The number of carbonyl (C=O) groups is 1. The van der Waals surface area contributed by atoms with Gasteiger partial charge in [-0.25, -0.2) is 0 Å². The van der Waals surface area contributed by atoms with Gasteiger partial charge >= 0.3 is 0 Å². The first-order chi connectivity index (χ1) is 10.1. The maximum Gasteiger partial charge on any atom is 0.220 e. The molecule has 0 aliphatic heterocycles. The van der Waals surface area contributed by atoms with Gasteiger partial charge in [-0.15, -0.1) is 0 Å². The van der Waals surface area contributed by atoms with Crippen LogP contribution in [0.1, 0.15) is 37.8 Å². The minimum Gasteiger partial charge on any atom is -0.361 e. The van der Waals surface area contributed by atoms with Crippen molar-refractivity contribution in [1.82, 2.24) is 10.3 Å². The molecule has 0 spiro atoms. The summed E-state index contributed by atoms with van der Waals surface area (Å²) in [5.41, 5.74) is 9.46. The first-order valence-electron chi connectivity index (χ1n) is 7.72. The molecule has 4 N–H and O–H groups in total. The third-order valence-electron chi connectivity index (χ3n) is 3.81. The Labute approximate surface area is 126 Å². The molecule has 2 rings (SSSR count). The van der Waals surface area contributed by atoms with E-state index in [0.717, 1.165) is 19.3 Å². The molecule has 2 aromatic rings. The van der Waals surface area contributed by atoms with Crippen LogP contribution in [0, 0.1) is 0 Å². The van der Waals surface area contributed by atoms with Gasteiger partial charge in [0.2, 0.25) is 5.91 Å². The molecular formula is C17H25N3O. The Morgan fingerprint density at radius 1 is 1.38 bits per heavy atom. The summed E-state index contributed by atoms with van der Waals surface area (Å²) in [4.78, 5) is 15.0. The Kier molecular flexibility index (Phi) is 5.39. The second kappa shape index (κ2) is 7.27. The second-order valence-electron chi connectivity index (χ2n) is 5.62. The predicted octanol–water partition coefficient (Wildman–Crippen LogP) is 2.52. The van der Waals surface area contributed by atoms with Crippen molar-refractivity contribution in [2.75, 3.05) is 6.54 Å². The van der Waals surface area contributed by atoms with Crippen molar-refractivity contribution in [3.63, 3.8) is 0 Å². The average molecular weight is 287 g/mol. The van der Waals surface area contributed by atoms with Crippen LogP contribution < -0.4 is 11.1 Å². The quantitative estimate of drug-likeness (QED) is 0.732. The lowest BCUT2D eigenvalue weighted by atomic mass is 10.1. The Balaban J connectivity index is 1.91. The topological polar surface area (TPSA) is 70.9 Å². The summed E-state index contributed by atoms with van der Waals surface area (Å²) in [6, 6.07) is 6.47. The highest BCUT2D eigenvalue weighted by Gasteiger charge is 2.07. The lowest BCUT2D eigenvalue weighted by Gasteiger charge is -2.06. The molecule has 1 amide bonds. The molecule has 0 aliphatic carbocycles. The predicted molar refractivity (Wildman–Crippen MR) is 87.3 cm³/mol. The number of rotatable bonds is 7. The van der Waals surface area contributed by atoms with Crippen LogP contribution in [0.3, 0.4) is 0 Å². The number of fused-ring (bicyclic) bond motifs is 1. The summed E-state index contributed by atoms with van der Waals surface area (Å²) < 4.78 is 0. The standard InChI is InChI=1S/C17H25N3O/c1-3-13-5-4-6-15-14(11-20-17(13)15)9-10-19-16(21)8-7-12(2)18/h4-6,11-12,20H,3,7-10,18H2,1-2H3,(H,19,21). The molecule has 0 fully saturated rings. The highest BCUT2D eigenvalue weighted by Crippen LogP contribution is 2.22. The zero-order chi connectivity index (χ0) is 15.2. The minimum atomic E-state index is 0.0804. The number of H-pyrrole nitrogens is 1. The smallest absolute Gasteiger partial charge is 0.220 e. The number of nitrogens with two attached hydrogens (primary N) is 1. The number of benzene rings is 1. The molecule has 1 aromatic heterocycles. The van der Waals surface area contributed by atoms with Crippen LogP contribution in [0.15, 0.2) is 24.4 Å². The summed E-state index contributed by atoms with van der Waals surface area (Å²) in [5.74, 6) is 0.0846.